The van der Waals surface area contributed by atoms with E-state index in [1.165, 1.54) is 10.8 Å². The highest BCUT2D eigenvalue weighted by atomic mass is 16.3. The third-order valence-electron chi connectivity index (χ3n) is 4.55. The second-order valence-electron chi connectivity index (χ2n) is 5.87. The van der Waals surface area contributed by atoms with Crippen LogP contribution in [0.1, 0.15) is 0 Å². The van der Waals surface area contributed by atoms with Crippen molar-refractivity contribution in [2.75, 3.05) is 0 Å². The van der Waals surface area contributed by atoms with E-state index in [-0.39, 0.29) is 5.75 Å². The largest absolute Gasteiger partial charge is 0.507 e. The van der Waals surface area contributed by atoms with Crippen molar-refractivity contribution in [3.05, 3.63) is 79.0 Å². The summed E-state index contributed by atoms with van der Waals surface area (Å²) >= 11 is 0. The average Bonchev–Trinajstić information content (AvgIpc) is 2.97. The summed E-state index contributed by atoms with van der Waals surface area (Å²) < 4.78 is 2.22. The zero-order valence-electron chi connectivity index (χ0n) is 12.8. The standard InChI is InChI=1S/C21H14N2O/c24-20-12-11-19(21-16(20)8-5-13-22-21)23-17-9-3-1-6-14(17)15-7-2-4-10-18(15)23/h1-13,24H. The molecule has 5 aromatic rings. The first-order chi connectivity index (χ1) is 11.8. The first-order valence-electron chi connectivity index (χ1n) is 7.90. The van der Waals surface area contributed by atoms with Crippen molar-refractivity contribution >= 4 is 32.7 Å². The maximum atomic E-state index is 10.2. The van der Waals surface area contributed by atoms with Crippen LogP contribution in [0.3, 0.4) is 0 Å². The van der Waals surface area contributed by atoms with Gasteiger partial charge in [0, 0.05) is 22.4 Å². The van der Waals surface area contributed by atoms with Gasteiger partial charge in [0.25, 0.3) is 0 Å². The first kappa shape index (κ1) is 13.1. The molecule has 2 heterocycles. The highest BCUT2D eigenvalue weighted by molar-refractivity contribution is 6.10. The van der Waals surface area contributed by atoms with Gasteiger partial charge < -0.3 is 9.67 Å². The summed E-state index contributed by atoms with van der Waals surface area (Å²) in [7, 11) is 0. The number of hydrogen-bond donors (Lipinski definition) is 1. The van der Waals surface area contributed by atoms with E-state index >= 15 is 0 Å². The number of pyridine rings is 1. The quantitative estimate of drug-likeness (QED) is 0.471. The smallest absolute Gasteiger partial charge is 0.125 e. The van der Waals surface area contributed by atoms with Gasteiger partial charge in [-0.2, -0.15) is 0 Å². The Hall–Kier alpha value is -3.33. The van der Waals surface area contributed by atoms with Gasteiger partial charge in [-0.25, -0.2) is 0 Å². The van der Waals surface area contributed by atoms with E-state index in [1.54, 1.807) is 12.3 Å². The molecule has 0 aliphatic carbocycles. The molecule has 0 spiro atoms. The SMILES string of the molecule is Oc1ccc(-n2c3ccccc3c3ccccc32)c2ncccc12. The molecule has 1 N–H and O–H groups in total. The molecule has 0 aliphatic rings. The van der Waals surface area contributed by atoms with Gasteiger partial charge in [0.15, 0.2) is 0 Å². The summed E-state index contributed by atoms with van der Waals surface area (Å²) in [5, 5.41) is 13.4. The minimum absolute atomic E-state index is 0.252. The Labute approximate surface area is 138 Å². The van der Waals surface area contributed by atoms with Gasteiger partial charge in [0.1, 0.15) is 5.75 Å². The second kappa shape index (κ2) is 4.83. The number of para-hydroxylation sites is 2. The number of phenolic OH excluding ortho intramolecular Hbond substituents is 1. The van der Waals surface area contributed by atoms with Crippen LogP contribution in [-0.2, 0) is 0 Å². The van der Waals surface area contributed by atoms with E-state index in [4.69, 9.17) is 0 Å². The molecule has 5 rings (SSSR count). The number of fused-ring (bicyclic) bond motifs is 4. The van der Waals surface area contributed by atoms with Crippen molar-refractivity contribution in [2.24, 2.45) is 0 Å². The molecule has 24 heavy (non-hydrogen) atoms. The molecule has 0 saturated heterocycles. The van der Waals surface area contributed by atoms with Crippen LogP contribution in [0.2, 0.25) is 0 Å². The predicted octanol–water partition coefficient (Wildman–Crippen LogP) is 5.04. The van der Waals surface area contributed by atoms with Gasteiger partial charge >= 0.3 is 0 Å². The molecule has 0 atom stereocenters. The Bertz CT molecular complexity index is 1170. The summed E-state index contributed by atoms with van der Waals surface area (Å²) in [4.78, 5) is 4.53. The van der Waals surface area contributed by atoms with Gasteiger partial charge in [0.2, 0.25) is 0 Å². The highest BCUT2D eigenvalue weighted by Crippen LogP contribution is 2.35. The Kier molecular flexibility index (Phi) is 2.65. The average molecular weight is 310 g/mol. The summed E-state index contributed by atoms with van der Waals surface area (Å²) in [5.74, 6) is 0.252. The molecule has 2 aromatic heterocycles. The second-order valence-corrected chi connectivity index (χ2v) is 5.87. The summed E-state index contributed by atoms with van der Waals surface area (Å²) in [6, 6.07) is 24.2. The van der Waals surface area contributed by atoms with E-state index in [0.29, 0.717) is 0 Å². The first-order valence-corrected chi connectivity index (χ1v) is 7.90. The van der Waals surface area contributed by atoms with Crippen LogP contribution in [0.15, 0.2) is 79.0 Å². The van der Waals surface area contributed by atoms with Gasteiger partial charge in [-0.05, 0) is 36.4 Å². The third-order valence-corrected chi connectivity index (χ3v) is 4.55. The van der Waals surface area contributed by atoms with E-state index in [0.717, 1.165) is 27.6 Å². The fourth-order valence-electron chi connectivity index (χ4n) is 3.51. The van der Waals surface area contributed by atoms with Crippen LogP contribution < -0.4 is 0 Å². The fraction of sp³-hybridized carbons (Fsp3) is 0. The van der Waals surface area contributed by atoms with E-state index in [2.05, 4.69) is 45.9 Å². The van der Waals surface area contributed by atoms with Crippen molar-refractivity contribution in [2.45, 2.75) is 0 Å². The van der Waals surface area contributed by atoms with Crippen molar-refractivity contribution in [3.8, 4) is 11.4 Å². The molecule has 114 valence electrons. The Morgan fingerprint density at radius 1 is 0.667 bits per heavy atom. The molecule has 0 bridgehead atoms. The molecule has 3 nitrogen and oxygen atoms in total. The van der Waals surface area contributed by atoms with Gasteiger partial charge in [0.05, 0.1) is 22.2 Å². The maximum absolute atomic E-state index is 10.2. The Balaban J connectivity index is 2.02. The number of rotatable bonds is 1. The van der Waals surface area contributed by atoms with Crippen LogP contribution >= 0.6 is 0 Å². The molecule has 3 heteroatoms. The minimum atomic E-state index is 0.252. The number of benzene rings is 3. The van der Waals surface area contributed by atoms with E-state index in [9.17, 15) is 5.11 Å². The third kappa shape index (κ3) is 1.69. The van der Waals surface area contributed by atoms with Gasteiger partial charge in [-0.3, -0.25) is 4.98 Å². The summed E-state index contributed by atoms with van der Waals surface area (Å²) in [5.41, 5.74) is 4.04. The van der Waals surface area contributed by atoms with Crippen LogP contribution in [0, 0.1) is 0 Å². The number of phenols is 1. The van der Waals surface area contributed by atoms with Crippen LogP contribution in [-0.4, -0.2) is 14.7 Å². The number of aromatic hydroxyl groups is 1. The number of nitrogens with zero attached hydrogens (tertiary/aromatic N) is 2. The molecular formula is C21H14N2O. The number of hydrogen-bond acceptors (Lipinski definition) is 2. The lowest BCUT2D eigenvalue weighted by Crippen LogP contribution is -1.96. The van der Waals surface area contributed by atoms with Gasteiger partial charge in [-0.15, -0.1) is 0 Å². The lowest BCUT2D eigenvalue weighted by Gasteiger charge is -2.11. The van der Waals surface area contributed by atoms with Crippen LogP contribution in [0.5, 0.6) is 5.75 Å². The zero-order valence-corrected chi connectivity index (χ0v) is 12.8. The molecule has 0 radical (unpaired) electrons. The normalized spacial score (nSPS) is 11.5. The molecule has 0 amide bonds. The lowest BCUT2D eigenvalue weighted by molar-refractivity contribution is 0.481. The highest BCUT2D eigenvalue weighted by Gasteiger charge is 2.14. The predicted molar refractivity (Wildman–Crippen MR) is 97.7 cm³/mol. The van der Waals surface area contributed by atoms with Crippen molar-refractivity contribution in [1.82, 2.24) is 9.55 Å². The zero-order chi connectivity index (χ0) is 16.1. The molecular weight excluding hydrogens is 296 g/mol. The molecule has 0 saturated carbocycles. The molecule has 3 aromatic carbocycles. The minimum Gasteiger partial charge on any atom is -0.507 e. The molecule has 0 aliphatic heterocycles. The van der Waals surface area contributed by atoms with Crippen LogP contribution in [0.4, 0.5) is 0 Å². The van der Waals surface area contributed by atoms with Crippen molar-refractivity contribution in [1.29, 1.82) is 0 Å². The Morgan fingerprint density at radius 2 is 1.29 bits per heavy atom. The lowest BCUT2D eigenvalue weighted by atomic mass is 10.1. The molecule has 0 unspecified atom stereocenters. The van der Waals surface area contributed by atoms with E-state index < -0.39 is 0 Å². The maximum Gasteiger partial charge on any atom is 0.125 e. The van der Waals surface area contributed by atoms with Crippen LogP contribution in [0.25, 0.3) is 38.4 Å². The fourth-order valence-corrected chi connectivity index (χ4v) is 3.51. The Morgan fingerprint density at radius 3 is 2.00 bits per heavy atom. The number of aromatic nitrogens is 2. The molecule has 0 fully saturated rings. The van der Waals surface area contributed by atoms with Gasteiger partial charge in [-0.1, -0.05) is 36.4 Å². The summed E-state index contributed by atoms with van der Waals surface area (Å²) in [6.07, 6.45) is 1.76. The monoisotopic (exact) mass is 310 g/mol. The van der Waals surface area contributed by atoms with Crippen molar-refractivity contribution in [3.63, 3.8) is 0 Å². The summed E-state index contributed by atoms with van der Waals surface area (Å²) in [6.45, 7) is 0. The van der Waals surface area contributed by atoms with Crippen molar-refractivity contribution < 1.29 is 5.11 Å². The topological polar surface area (TPSA) is 38.0 Å². The van der Waals surface area contributed by atoms with E-state index in [1.807, 2.05) is 30.3 Å².